The van der Waals surface area contributed by atoms with Crippen molar-refractivity contribution in [3.8, 4) is 17.1 Å². The summed E-state index contributed by atoms with van der Waals surface area (Å²) in [5, 5.41) is 9.28. The van der Waals surface area contributed by atoms with E-state index in [0.717, 1.165) is 24.8 Å². The van der Waals surface area contributed by atoms with E-state index in [0.29, 0.717) is 25.8 Å². The summed E-state index contributed by atoms with van der Waals surface area (Å²) in [7, 11) is 0. The van der Waals surface area contributed by atoms with Gasteiger partial charge in [-0.2, -0.15) is 37.0 Å². The number of nitrogens with one attached hydrogen (secondary N) is 2. The van der Waals surface area contributed by atoms with Gasteiger partial charge in [0.2, 0.25) is 0 Å². The van der Waals surface area contributed by atoms with Gasteiger partial charge in [0.25, 0.3) is 6.08 Å². The zero-order chi connectivity index (χ0) is 34.5. The number of nitrogens with zero attached hydrogens (tertiary/aromatic N) is 5. The molecule has 16 heteroatoms. The SMILES string of the molecule is Cc1cc2[nH]ncc2c(-c2c(F)cc3c(N4C[C@@H]5CC[C@](C=C(F)F)(C4)N5)nc(OCC45CCCN4C[C@H](F)C5)nc3c2F)c1C(F)(F)F. The van der Waals surface area contributed by atoms with Gasteiger partial charge in [-0.3, -0.25) is 10.00 Å². The lowest BCUT2D eigenvalue weighted by atomic mass is 9.90. The number of piperazine rings is 1. The predicted molar refractivity (Wildman–Crippen MR) is 164 cm³/mol. The summed E-state index contributed by atoms with van der Waals surface area (Å²) in [4.78, 5) is 12.4. The molecular formula is C33H31F8N7O. The van der Waals surface area contributed by atoms with Crippen LogP contribution < -0.4 is 15.0 Å². The van der Waals surface area contributed by atoms with E-state index in [4.69, 9.17) is 4.74 Å². The Morgan fingerprint density at radius 3 is 2.69 bits per heavy atom. The van der Waals surface area contributed by atoms with E-state index < -0.39 is 63.3 Å². The summed E-state index contributed by atoms with van der Waals surface area (Å²) in [6.07, 6.45) is -3.43. The lowest BCUT2D eigenvalue weighted by molar-refractivity contribution is -0.137. The Labute approximate surface area is 274 Å². The number of hydrogen-bond donors (Lipinski definition) is 2. The van der Waals surface area contributed by atoms with Crippen LogP contribution in [0.5, 0.6) is 6.01 Å². The van der Waals surface area contributed by atoms with Gasteiger partial charge in [0, 0.05) is 54.5 Å². The highest BCUT2D eigenvalue weighted by Gasteiger charge is 2.50. The summed E-state index contributed by atoms with van der Waals surface area (Å²) < 4.78 is 125. The van der Waals surface area contributed by atoms with E-state index in [-0.39, 0.29) is 72.4 Å². The van der Waals surface area contributed by atoms with Crippen molar-refractivity contribution >= 4 is 27.6 Å². The van der Waals surface area contributed by atoms with Crippen LogP contribution in [0.1, 0.15) is 43.2 Å². The molecule has 0 saturated carbocycles. The van der Waals surface area contributed by atoms with Crippen LogP contribution in [0.3, 0.4) is 0 Å². The third kappa shape index (κ3) is 5.29. The average Bonchev–Trinajstić information content (AvgIpc) is 3.77. The maximum absolute atomic E-state index is 16.9. The lowest BCUT2D eigenvalue weighted by Crippen LogP contribution is -2.59. The van der Waals surface area contributed by atoms with Crippen molar-refractivity contribution in [2.24, 2.45) is 0 Å². The number of anilines is 1. The van der Waals surface area contributed by atoms with Gasteiger partial charge in [0.15, 0.2) is 5.82 Å². The zero-order valence-corrected chi connectivity index (χ0v) is 26.2. The molecule has 4 aliphatic heterocycles. The molecule has 1 unspecified atom stereocenters. The zero-order valence-electron chi connectivity index (χ0n) is 26.2. The highest BCUT2D eigenvalue weighted by atomic mass is 19.4. The molecule has 0 amide bonds. The third-order valence-corrected chi connectivity index (χ3v) is 10.6. The summed E-state index contributed by atoms with van der Waals surface area (Å²) in [5.74, 6) is -2.70. The van der Waals surface area contributed by atoms with Crippen LogP contribution in [-0.4, -0.2) is 81.1 Å². The number of rotatable bonds is 6. The van der Waals surface area contributed by atoms with Crippen molar-refractivity contribution in [3.63, 3.8) is 0 Å². The summed E-state index contributed by atoms with van der Waals surface area (Å²) in [5.41, 5.74) is -5.34. The molecule has 4 aliphatic rings. The van der Waals surface area contributed by atoms with Gasteiger partial charge < -0.3 is 15.0 Å². The Balaban J connectivity index is 1.32. The van der Waals surface area contributed by atoms with Crippen LogP contribution in [0.15, 0.2) is 30.5 Å². The van der Waals surface area contributed by atoms with Gasteiger partial charge in [0.1, 0.15) is 29.9 Å². The first-order chi connectivity index (χ1) is 23.3. The van der Waals surface area contributed by atoms with Crippen molar-refractivity contribution in [2.45, 2.75) is 68.5 Å². The summed E-state index contributed by atoms with van der Waals surface area (Å²) in [6, 6.07) is 1.49. The Bertz CT molecular complexity index is 2010. The first-order valence-electron chi connectivity index (χ1n) is 16.1. The maximum Gasteiger partial charge on any atom is 0.417 e. The van der Waals surface area contributed by atoms with Crippen LogP contribution in [-0.2, 0) is 6.18 Å². The standard InChI is InChI=1S/C33H31F8N7O/c1-16-7-22-20(11-42-46-22)24(26(16)33(39,40)41)25-21(35)8-19-28(27(25)38)43-30(49-15-32-4-2-6-48(32)12-17(34)9-32)44-29(19)47-13-18-3-5-31(14-47,45-18)10-23(36)37/h7-8,10-11,17-18,45H,2-6,9,12-15H2,1H3,(H,42,46)/t17-,18+,31+,32?/m1/s1. The number of ether oxygens (including phenoxy) is 1. The number of H-pyrrole nitrogens is 1. The van der Waals surface area contributed by atoms with Crippen molar-refractivity contribution in [1.82, 2.24) is 30.4 Å². The van der Waals surface area contributed by atoms with Gasteiger partial charge in [-0.1, -0.05) is 0 Å². The monoisotopic (exact) mass is 693 g/mol. The number of aryl methyl sites for hydroxylation is 1. The van der Waals surface area contributed by atoms with Crippen molar-refractivity contribution < 1.29 is 39.9 Å². The second-order valence-corrected chi connectivity index (χ2v) is 13.8. The molecule has 2 aromatic heterocycles. The molecule has 2 aromatic carbocycles. The molecule has 8 nitrogen and oxygen atoms in total. The minimum absolute atomic E-state index is 0.0147. The van der Waals surface area contributed by atoms with Crippen LogP contribution in [0.2, 0.25) is 0 Å². The smallest absolute Gasteiger partial charge is 0.417 e. The second-order valence-electron chi connectivity index (χ2n) is 13.8. The fourth-order valence-corrected chi connectivity index (χ4v) is 8.64. The quantitative estimate of drug-likeness (QED) is 0.215. The molecule has 4 atom stereocenters. The molecule has 2 bridgehead atoms. The van der Waals surface area contributed by atoms with Crippen LogP contribution in [0.25, 0.3) is 32.9 Å². The van der Waals surface area contributed by atoms with E-state index in [9.17, 15) is 26.3 Å². The highest BCUT2D eigenvalue weighted by molar-refractivity contribution is 6.01. The minimum atomic E-state index is -4.99. The van der Waals surface area contributed by atoms with E-state index in [2.05, 4.69) is 25.5 Å². The Kier molecular flexibility index (Phi) is 7.38. The number of aromatic amines is 1. The average molecular weight is 694 g/mol. The molecule has 2 N–H and O–H groups in total. The molecule has 49 heavy (non-hydrogen) atoms. The highest BCUT2D eigenvalue weighted by Crippen LogP contribution is 2.47. The number of halogens is 8. The molecule has 4 fully saturated rings. The predicted octanol–water partition coefficient (Wildman–Crippen LogP) is 6.82. The fourth-order valence-electron chi connectivity index (χ4n) is 8.64. The molecule has 8 rings (SSSR count). The van der Waals surface area contributed by atoms with E-state index in [1.165, 1.54) is 13.0 Å². The van der Waals surface area contributed by atoms with Crippen LogP contribution in [0.4, 0.5) is 40.9 Å². The number of alkyl halides is 4. The van der Waals surface area contributed by atoms with E-state index in [1.807, 2.05) is 4.90 Å². The van der Waals surface area contributed by atoms with Gasteiger partial charge in [-0.05, 0) is 56.8 Å². The number of aromatic nitrogens is 4. The molecule has 4 aromatic rings. The van der Waals surface area contributed by atoms with Crippen LogP contribution >= 0.6 is 0 Å². The molecule has 4 saturated heterocycles. The molecule has 0 spiro atoms. The molecule has 260 valence electrons. The topological polar surface area (TPSA) is 82.2 Å². The molecular weight excluding hydrogens is 662 g/mol. The van der Waals surface area contributed by atoms with Crippen molar-refractivity contribution in [3.05, 3.63) is 53.2 Å². The normalized spacial score (nSPS) is 27.0. The maximum atomic E-state index is 16.9. The summed E-state index contributed by atoms with van der Waals surface area (Å²) in [6.45, 7) is 2.28. The fraction of sp³-hybridized carbons (Fsp3) is 0.485. The summed E-state index contributed by atoms with van der Waals surface area (Å²) >= 11 is 0. The largest absolute Gasteiger partial charge is 0.461 e. The van der Waals surface area contributed by atoms with Crippen molar-refractivity contribution in [1.29, 1.82) is 0 Å². The third-order valence-electron chi connectivity index (χ3n) is 10.6. The van der Waals surface area contributed by atoms with E-state index >= 15 is 8.78 Å². The molecule has 0 aliphatic carbocycles. The first-order valence-corrected chi connectivity index (χ1v) is 16.1. The van der Waals surface area contributed by atoms with Gasteiger partial charge in [0.05, 0.1) is 33.9 Å². The minimum Gasteiger partial charge on any atom is -0.461 e. The van der Waals surface area contributed by atoms with Gasteiger partial charge in [-0.25, -0.2) is 13.2 Å². The molecule has 0 radical (unpaired) electrons. The Morgan fingerprint density at radius 2 is 1.92 bits per heavy atom. The number of fused-ring (bicyclic) bond motifs is 5. The van der Waals surface area contributed by atoms with Crippen molar-refractivity contribution in [2.75, 3.05) is 37.7 Å². The number of benzene rings is 2. The Morgan fingerprint density at radius 1 is 1.10 bits per heavy atom. The Hall–Kier alpha value is -4.05. The van der Waals surface area contributed by atoms with Gasteiger partial charge >= 0.3 is 12.2 Å². The van der Waals surface area contributed by atoms with Gasteiger partial charge in [-0.15, -0.1) is 0 Å². The second kappa shape index (κ2) is 11.2. The van der Waals surface area contributed by atoms with E-state index in [1.54, 1.807) is 4.90 Å². The van der Waals surface area contributed by atoms with Crippen LogP contribution in [0, 0.1) is 18.6 Å². The number of hydrogen-bond acceptors (Lipinski definition) is 7. The lowest BCUT2D eigenvalue weighted by Gasteiger charge is -2.40. The first kappa shape index (κ1) is 32.2. The molecule has 6 heterocycles.